The van der Waals surface area contributed by atoms with Gasteiger partial charge in [0.15, 0.2) is 11.6 Å². The SMILES string of the molecule is CCOc1c(F)cccc1C(N)=O.Cl. The van der Waals surface area contributed by atoms with E-state index in [1.54, 1.807) is 6.92 Å². The lowest BCUT2D eigenvalue weighted by atomic mass is 10.2. The van der Waals surface area contributed by atoms with Crippen LogP contribution in [0.1, 0.15) is 17.3 Å². The number of hydrogen-bond donors (Lipinski definition) is 1. The molecule has 0 spiro atoms. The third-order valence-electron chi connectivity index (χ3n) is 1.52. The van der Waals surface area contributed by atoms with E-state index in [1.807, 2.05) is 0 Å². The third-order valence-corrected chi connectivity index (χ3v) is 1.52. The fourth-order valence-electron chi connectivity index (χ4n) is 0.994. The first-order chi connectivity index (χ1) is 6.16. The van der Waals surface area contributed by atoms with Gasteiger partial charge in [-0.3, -0.25) is 4.79 Å². The second kappa shape index (κ2) is 5.44. The third kappa shape index (κ3) is 2.60. The van der Waals surface area contributed by atoms with E-state index in [1.165, 1.54) is 18.2 Å². The molecule has 5 heteroatoms. The molecule has 1 rings (SSSR count). The summed E-state index contributed by atoms with van der Waals surface area (Å²) in [6.45, 7) is 2.00. The number of primary amides is 1. The van der Waals surface area contributed by atoms with Crippen molar-refractivity contribution in [3.05, 3.63) is 29.6 Å². The van der Waals surface area contributed by atoms with Crippen molar-refractivity contribution < 1.29 is 13.9 Å². The summed E-state index contributed by atoms with van der Waals surface area (Å²) in [6.07, 6.45) is 0. The average Bonchev–Trinajstić information content (AvgIpc) is 2.08. The molecular weight excluding hydrogens is 209 g/mol. The van der Waals surface area contributed by atoms with Crippen molar-refractivity contribution in [1.29, 1.82) is 0 Å². The van der Waals surface area contributed by atoms with E-state index in [2.05, 4.69) is 0 Å². The zero-order valence-electron chi connectivity index (χ0n) is 7.62. The summed E-state index contributed by atoms with van der Waals surface area (Å²) < 4.78 is 18.0. The molecule has 0 aliphatic rings. The summed E-state index contributed by atoms with van der Waals surface area (Å²) in [7, 11) is 0. The maximum absolute atomic E-state index is 13.1. The van der Waals surface area contributed by atoms with Gasteiger partial charge in [-0.25, -0.2) is 4.39 Å². The molecule has 0 aliphatic carbocycles. The quantitative estimate of drug-likeness (QED) is 0.842. The summed E-state index contributed by atoms with van der Waals surface area (Å²) in [5.74, 6) is -1.33. The lowest BCUT2D eigenvalue weighted by Crippen LogP contribution is -2.13. The number of carbonyl (C=O) groups is 1. The number of rotatable bonds is 3. The van der Waals surface area contributed by atoms with E-state index < -0.39 is 11.7 Å². The van der Waals surface area contributed by atoms with Crippen molar-refractivity contribution in [2.45, 2.75) is 6.92 Å². The molecule has 1 aromatic carbocycles. The number of nitrogens with two attached hydrogens (primary N) is 1. The highest BCUT2D eigenvalue weighted by Gasteiger charge is 2.12. The molecule has 0 aliphatic heterocycles. The van der Waals surface area contributed by atoms with Crippen LogP contribution in [-0.4, -0.2) is 12.5 Å². The topological polar surface area (TPSA) is 52.3 Å². The van der Waals surface area contributed by atoms with Gasteiger partial charge in [0.2, 0.25) is 0 Å². The highest BCUT2D eigenvalue weighted by atomic mass is 35.5. The zero-order valence-corrected chi connectivity index (χ0v) is 8.44. The Bertz CT molecular complexity index is 331. The van der Waals surface area contributed by atoms with E-state index >= 15 is 0 Å². The van der Waals surface area contributed by atoms with Crippen molar-refractivity contribution in [2.75, 3.05) is 6.61 Å². The predicted octanol–water partition coefficient (Wildman–Crippen LogP) is 1.75. The minimum Gasteiger partial charge on any atom is -0.490 e. The van der Waals surface area contributed by atoms with E-state index in [0.717, 1.165) is 0 Å². The van der Waals surface area contributed by atoms with Crippen molar-refractivity contribution in [1.82, 2.24) is 0 Å². The minimum atomic E-state index is -0.692. The minimum absolute atomic E-state index is 0. The molecule has 0 heterocycles. The molecule has 14 heavy (non-hydrogen) atoms. The van der Waals surface area contributed by atoms with Crippen LogP contribution in [0, 0.1) is 5.82 Å². The van der Waals surface area contributed by atoms with E-state index in [9.17, 15) is 9.18 Å². The van der Waals surface area contributed by atoms with Crippen molar-refractivity contribution >= 4 is 18.3 Å². The Morgan fingerprint density at radius 3 is 2.71 bits per heavy atom. The van der Waals surface area contributed by atoms with Gasteiger partial charge in [0.05, 0.1) is 12.2 Å². The zero-order chi connectivity index (χ0) is 9.84. The Labute approximate surface area is 87.5 Å². The van der Waals surface area contributed by atoms with Crippen LogP contribution >= 0.6 is 12.4 Å². The van der Waals surface area contributed by atoms with Crippen LogP contribution in [0.15, 0.2) is 18.2 Å². The molecule has 1 amide bonds. The monoisotopic (exact) mass is 219 g/mol. The lowest BCUT2D eigenvalue weighted by molar-refractivity contribution is 0.0995. The summed E-state index contributed by atoms with van der Waals surface area (Å²) in [5, 5.41) is 0. The molecule has 0 saturated carbocycles. The smallest absolute Gasteiger partial charge is 0.252 e. The maximum atomic E-state index is 13.1. The molecular formula is C9H11ClFNO2. The molecule has 3 nitrogen and oxygen atoms in total. The Hall–Kier alpha value is -1.29. The van der Waals surface area contributed by atoms with Crippen molar-refractivity contribution in [3.8, 4) is 5.75 Å². The second-order valence-corrected chi connectivity index (χ2v) is 2.41. The Balaban J connectivity index is 0.00000169. The molecule has 0 fully saturated rings. The first-order valence-electron chi connectivity index (χ1n) is 3.88. The number of ether oxygens (including phenoxy) is 1. The van der Waals surface area contributed by atoms with Gasteiger partial charge < -0.3 is 10.5 Å². The van der Waals surface area contributed by atoms with Crippen LogP contribution in [0.3, 0.4) is 0 Å². The Kier molecular flexibility index (Phi) is 4.94. The van der Waals surface area contributed by atoms with Crippen LogP contribution in [0.25, 0.3) is 0 Å². The van der Waals surface area contributed by atoms with Gasteiger partial charge in [-0.05, 0) is 19.1 Å². The summed E-state index contributed by atoms with van der Waals surface area (Å²) in [6, 6.07) is 4.06. The maximum Gasteiger partial charge on any atom is 0.252 e. The van der Waals surface area contributed by atoms with Crippen LogP contribution in [-0.2, 0) is 0 Å². The molecule has 0 bridgehead atoms. The summed E-state index contributed by atoms with van der Waals surface area (Å²) >= 11 is 0. The first-order valence-corrected chi connectivity index (χ1v) is 3.88. The molecule has 0 unspecified atom stereocenters. The molecule has 2 N–H and O–H groups in total. The van der Waals surface area contributed by atoms with Gasteiger partial charge in [0.25, 0.3) is 5.91 Å². The fraction of sp³-hybridized carbons (Fsp3) is 0.222. The normalized spacial score (nSPS) is 9.00. The van der Waals surface area contributed by atoms with Crippen LogP contribution in [0.2, 0.25) is 0 Å². The van der Waals surface area contributed by atoms with Gasteiger partial charge in [0, 0.05) is 0 Å². The second-order valence-electron chi connectivity index (χ2n) is 2.41. The highest BCUT2D eigenvalue weighted by molar-refractivity contribution is 5.95. The van der Waals surface area contributed by atoms with Gasteiger partial charge >= 0.3 is 0 Å². The highest BCUT2D eigenvalue weighted by Crippen LogP contribution is 2.21. The number of hydrogen-bond acceptors (Lipinski definition) is 2. The standard InChI is InChI=1S/C9H10FNO2.ClH/c1-2-13-8-6(9(11)12)4-3-5-7(8)10;/h3-5H,2H2,1H3,(H2,11,12);1H. The van der Waals surface area contributed by atoms with E-state index in [0.29, 0.717) is 6.61 Å². The molecule has 0 saturated heterocycles. The van der Waals surface area contributed by atoms with Crippen LogP contribution < -0.4 is 10.5 Å². The van der Waals surface area contributed by atoms with E-state index in [-0.39, 0.29) is 23.7 Å². The van der Waals surface area contributed by atoms with Gasteiger partial charge in [-0.1, -0.05) is 6.07 Å². The van der Waals surface area contributed by atoms with Gasteiger partial charge in [0.1, 0.15) is 0 Å². The summed E-state index contributed by atoms with van der Waals surface area (Å²) in [4.78, 5) is 10.8. The van der Waals surface area contributed by atoms with Crippen molar-refractivity contribution in [3.63, 3.8) is 0 Å². The lowest BCUT2D eigenvalue weighted by Gasteiger charge is -2.07. The molecule has 78 valence electrons. The fourth-order valence-corrected chi connectivity index (χ4v) is 0.994. The van der Waals surface area contributed by atoms with Gasteiger partial charge in [-0.15, -0.1) is 12.4 Å². The van der Waals surface area contributed by atoms with E-state index in [4.69, 9.17) is 10.5 Å². The Morgan fingerprint density at radius 2 is 2.21 bits per heavy atom. The number of benzene rings is 1. The molecule has 1 aromatic rings. The van der Waals surface area contributed by atoms with Crippen LogP contribution in [0.4, 0.5) is 4.39 Å². The number of amides is 1. The molecule has 0 aromatic heterocycles. The summed E-state index contributed by atoms with van der Waals surface area (Å²) in [5.41, 5.74) is 5.10. The number of halogens is 2. The number of para-hydroxylation sites is 1. The molecule has 0 radical (unpaired) electrons. The number of carbonyl (C=O) groups excluding carboxylic acids is 1. The molecule has 0 atom stereocenters. The van der Waals surface area contributed by atoms with Gasteiger partial charge in [-0.2, -0.15) is 0 Å². The largest absolute Gasteiger partial charge is 0.490 e. The average molecular weight is 220 g/mol. The first kappa shape index (κ1) is 12.7. The van der Waals surface area contributed by atoms with Crippen molar-refractivity contribution in [2.24, 2.45) is 5.73 Å². The predicted molar refractivity (Wildman–Crippen MR) is 53.3 cm³/mol. The Morgan fingerprint density at radius 1 is 1.57 bits per heavy atom. The van der Waals surface area contributed by atoms with Crippen LogP contribution in [0.5, 0.6) is 5.75 Å².